The number of benzene rings is 1. The summed E-state index contributed by atoms with van der Waals surface area (Å²) in [4.78, 5) is 14.2. The highest BCUT2D eigenvalue weighted by Crippen LogP contribution is 2.21. The second-order valence-corrected chi connectivity index (χ2v) is 4.07. The van der Waals surface area contributed by atoms with Crippen LogP contribution >= 0.6 is 0 Å². The van der Waals surface area contributed by atoms with E-state index in [0.717, 1.165) is 5.56 Å². The second kappa shape index (κ2) is 7.01. The number of rotatable bonds is 6. The molecule has 108 valence electrons. The number of pyridine rings is 1. The van der Waals surface area contributed by atoms with Crippen molar-refractivity contribution in [2.45, 2.75) is 0 Å². The van der Waals surface area contributed by atoms with E-state index in [1.54, 1.807) is 6.08 Å². The Morgan fingerprint density at radius 1 is 1.33 bits per heavy atom. The van der Waals surface area contributed by atoms with Crippen LogP contribution in [0.15, 0.2) is 48.5 Å². The molecule has 0 aliphatic carbocycles. The van der Waals surface area contributed by atoms with Gasteiger partial charge in [0.25, 0.3) is 5.69 Å². The maximum Gasteiger partial charge on any atom is 0.278 e. The molecule has 7 nitrogen and oxygen atoms in total. The molecule has 0 aliphatic heterocycles. The van der Waals surface area contributed by atoms with Crippen molar-refractivity contribution in [3.8, 4) is 5.88 Å². The zero-order valence-corrected chi connectivity index (χ0v) is 11.1. The molecule has 0 saturated carbocycles. The summed E-state index contributed by atoms with van der Waals surface area (Å²) in [5.41, 5.74) is 3.17. The van der Waals surface area contributed by atoms with Crippen molar-refractivity contribution < 1.29 is 9.66 Å². The lowest BCUT2D eigenvalue weighted by Crippen LogP contribution is -2.09. The predicted octanol–water partition coefficient (Wildman–Crippen LogP) is 2.37. The van der Waals surface area contributed by atoms with E-state index in [9.17, 15) is 10.1 Å². The van der Waals surface area contributed by atoms with Gasteiger partial charge in [-0.05, 0) is 11.6 Å². The van der Waals surface area contributed by atoms with Crippen LogP contribution in [0.5, 0.6) is 5.88 Å². The number of nitrogens with one attached hydrogen (secondary N) is 1. The summed E-state index contributed by atoms with van der Waals surface area (Å²) < 4.78 is 5.36. The first kappa shape index (κ1) is 14.5. The maximum absolute atomic E-state index is 10.8. The molecule has 0 bridgehead atoms. The van der Waals surface area contributed by atoms with Gasteiger partial charge in [0.1, 0.15) is 6.61 Å². The average molecular weight is 286 g/mol. The van der Waals surface area contributed by atoms with Crippen molar-refractivity contribution in [2.75, 3.05) is 12.0 Å². The van der Waals surface area contributed by atoms with Gasteiger partial charge in [-0.1, -0.05) is 36.4 Å². The minimum absolute atomic E-state index is 0.134. The van der Waals surface area contributed by atoms with Crippen molar-refractivity contribution >= 4 is 17.6 Å². The molecule has 0 aliphatic rings. The summed E-state index contributed by atoms with van der Waals surface area (Å²) in [6.45, 7) is 0.243. The zero-order valence-electron chi connectivity index (χ0n) is 11.1. The standard InChI is InChI=1S/C14H14N4O3/c15-17-13-9-12(18(19)20)10-14(16-13)21-8-4-7-11-5-2-1-3-6-11/h1-7,9-10H,8,15H2,(H,16,17)/b7-4+. The number of anilines is 1. The van der Waals surface area contributed by atoms with Gasteiger partial charge in [0.2, 0.25) is 5.88 Å². The molecule has 2 rings (SSSR count). The Hall–Kier alpha value is -2.93. The Labute approximate surface area is 121 Å². The average Bonchev–Trinajstić information content (AvgIpc) is 2.52. The molecule has 0 saturated heterocycles. The number of hydrogen-bond donors (Lipinski definition) is 2. The summed E-state index contributed by atoms with van der Waals surface area (Å²) in [6.07, 6.45) is 3.69. The van der Waals surface area contributed by atoms with Crippen LogP contribution in [0.3, 0.4) is 0 Å². The second-order valence-electron chi connectivity index (χ2n) is 4.07. The highest BCUT2D eigenvalue weighted by Gasteiger charge is 2.11. The third kappa shape index (κ3) is 4.29. The van der Waals surface area contributed by atoms with E-state index in [2.05, 4.69) is 10.4 Å². The van der Waals surface area contributed by atoms with Crippen LogP contribution in [-0.4, -0.2) is 16.5 Å². The quantitative estimate of drug-likeness (QED) is 0.480. The smallest absolute Gasteiger partial charge is 0.278 e. The Morgan fingerprint density at radius 2 is 2.10 bits per heavy atom. The minimum atomic E-state index is -0.533. The normalized spacial score (nSPS) is 10.5. The van der Waals surface area contributed by atoms with Crippen LogP contribution in [0.25, 0.3) is 6.08 Å². The van der Waals surface area contributed by atoms with Crippen molar-refractivity contribution in [1.82, 2.24) is 4.98 Å². The fraction of sp³-hybridized carbons (Fsp3) is 0.0714. The van der Waals surface area contributed by atoms with Gasteiger partial charge in [-0.3, -0.25) is 10.1 Å². The maximum atomic E-state index is 10.8. The zero-order chi connectivity index (χ0) is 15.1. The van der Waals surface area contributed by atoms with Crippen LogP contribution < -0.4 is 16.0 Å². The number of hydrazine groups is 1. The molecule has 0 radical (unpaired) electrons. The Kier molecular flexibility index (Phi) is 4.84. The van der Waals surface area contributed by atoms with Gasteiger partial charge in [-0.15, -0.1) is 0 Å². The summed E-state index contributed by atoms with van der Waals surface area (Å²) in [6, 6.07) is 12.2. The third-order valence-corrected chi connectivity index (χ3v) is 2.58. The van der Waals surface area contributed by atoms with Crippen molar-refractivity contribution in [3.63, 3.8) is 0 Å². The number of aromatic nitrogens is 1. The number of nitrogen functional groups attached to an aromatic ring is 1. The van der Waals surface area contributed by atoms with Crippen LogP contribution in [0.2, 0.25) is 0 Å². The van der Waals surface area contributed by atoms with E-state index < -0.39 is 4.92 Å². The van der Waals surface area contributed by atoms with Crippen molar-refractivity contribution in [3.05, 3.63) is 64.2 Å². The van der Waals surface area contributed by atoms with Gasteiger partial charge < -0.3 is 10.2 Å². The molecule has 7 heteroatoms. The molecule has 0 fully saturated rings. The van der Waals surface area contributed by atoms with Gasteiger partial charge >= 0.3 is 0 Å². The molecule has 1 heterocycles. The molecule has 21 heavy (non-hydrogen) atoms. The molecule has 0 spiro atoms. The van der Waals surface area contributed by atoms with E-state index >= 15 is 0 Å². The van der Waals surface area contributed by atoms with E-state index in [4.69, 9.17) is 10.6 Å². The summed E-state index contributed by atoms with van der Waals surface area (Å²) >= 11 is 0. The Bertz CT molecular complexity index is 644. The third-order valence-electron chi connectivity index (χ3n) is 2.58. The van der Waals surface area contributed by atoms with Crippen LogP contribution in [0, 0.1) is 10.1 Å². The number of ether oxygens (including phenoxy) is 1. The van der Waals surface area contributed by atoms with E-state index in [-0.39, 0.29) is 24.0 Å². The fourth-order valence-corrected chi connectivity index (χ4v) is 1.63. The molecule has 1 aromatic carbocycles. The number of nitrogens with zero attached hydrogens (tertiary/aromatic N) is 2. The fourth-order valence-electron chi connectivity index (χ4n) is 1.63. The van der Waals surface area contributed by atoms with Crippen molar-refractivity contribution in [1.29, 1.82) is 0 Å². The van der Waals surface area contributed by atoms with E-state index in [0.29, 0.717) is 0 Å². The molecule has 1 aromatic heterocycles. The van der Waals surface area contributed by atoms with Gasteiger partial charge in [0, 0.05) is 0 Å². The first-order valence-corrected chi connectivity index (χ1v) is 6.16. The monoisotopic (exact) mass is 286 g/mol. The lowest BCUT2D eigenvalue weighted by atomic mass is 10.2. The molecular formula is C14H14N4O3. The number of nitrogens with two attached hydrogens (primary N) is 1. The highest BCUT2D eigenvalue weighted by atomic mass is 16.6. The highest BCUT2D eigenvalue weighted by molar-refractivity contribution is 5.49. The molecule has 0 unspecified atom stereocenters. The number of hydrogen-bond acceptors (Lipinski definition) is 6. The Morgan fingerprint density at radius 3 is 2.76 bits per heavy atom. The van der Waals surface area contributed by atoms with Crippen LogP contribution in [0.4, 0.5) is 11.5 Å². The van der Waals surface area contributed by atoms with Gasteiger partial charge in [0.05, 0.1) is 17.1 Å². The summed E-state index contributed by atoms with van der Waals surface area (Å²) in [5, 5.41) is 10.8. The first-order chi connectivity index (χ1) is 10.2. The van der Waals surface area contributed by atoms with E-state index in [1.807, 2.05) is 36.4 Å². The summed E-state index contributed by atoms with van der Waals surface area (Å²) in [7, 11) is 0. The number of nitro groups is 1. The SMILES string of the molecule is NNc1cc([N+](=O)[O-])cc(OC/C=C/c2ccccc2)n1. The lowest BCUT2D eigenvalue weighted by molar-refractivity contribution is -0.384. The molecule has 2 aromatic rings. The topological polar surface area (TPSA) is 103 Å². The van der Waals surface area contributed by atoms with E-state index in [1.165, 1.54) is 12.1 Å². The van der Waals surface area contributed by atoms with Crippen LogP contribution in [-0.2, 0) is 0 Å². The predicted molar refractivity (Wildman–Crippen MR) is 79.7 cm³/mol. The van der Waals surface area contributed by atoms with Gasteiger partial charge in [-0.2, -0.15) is 4.98 Å². The van der Waals surface area contributed by atoms with Crippen LogP contribution in [0.1, 0.15) is 5.56 Å². The molecule has 3 N–H and O–H groups in total. The minimum Gasteiger partial charge on any atom is -0.473 e. The molecule has 0 atom stereocenters. The lowest BCUT2D eigenvalue weighted by Gasteiger charge is -2.05. The molecule has 0 amide bonds. The Balaban J connectivity index is 2.01. The first-order valence-electron chi connectivity index (χ1n) is 6.16. The largest absolute Gasteiger partial charge is 0.473 e. The van der Waals surface area contributed by atoms with Crippen molar-refractivity contribution in [2.24, 2.45) is 5.84 Å². The van der Waals surface area contributed by atoms with Gasteiger partial charge in [0.15, 0.2) is 5.82 Å². The molecular weight excluding hydrogens is 272 g/mol. The summed E-state index contributed by atoms with van der Waals surface area (Å²) in [5.74, 6) is 5.52. The van der Waals surface area contributed by atoms with Gasteiger partial charge in [-0.25, -0.2) is 5.84 Å².